The standard InChI is InChI=1S/C17H23FN4/c18-17-3-1-15(2-4-17)12-22-13-16(10-20-22)11-21-7-5-14(9-19)6-8-21/h1-4,10,13-14H,5-9,11-12,19H2. The quantitative estimate of drug-likeness (QED) is 0.921. The topological polar surface area (TPSA) is 47.1 Å². The zero-order valence-electron chi connectivity index (χ0n) is 12.8. The van der Waals surface area contributed by atoms with E-state index >= 15 is 0 Å². The first-order chi connectivity index (χ1) is 10.7. The van der Waals surface area contributed by atoms with Crippen molar-refractivity contribution in [2.24, 2.45) is 11.7 Å². The summed E-state index contributed by atoms with van der Waals surface area (Å²) >= 11 is 0. The van der Waals surface area contributed by atoms with E-state index in [1.54, 1.807) is 12.1 Å². The summed E-state index contributed by atoms with van der Waals surface area (Å²) < 4.78 is 14.8. The number of aromatic nitrogens is 2. The van der Waals surface area contributed by atoms with E-state index in [0.717, 1.165) is 31.7 Å². The molecule has 2 N–H and O–H groups in total. The SMILES string of the molecule is NCC1CCN(Cc2cnn(Cc3ccc(F)cc3)c2)CC1. The molecule has 1 aliphatic rings. The van der Waals surface area contributed by atoms with Gasteiger partial charge in [0, 0.05) is 18.3 Å². The predicted octanol–water partition coefficient (Wildman–Crippen LogP) is 2.24. The fraction of sp³-hybridized carbons (Fsp3) is 0.471. The molecule has 0 radical (unpaired) electrons. The maximum absolute atomic E-state index is 12.9. The molecular weight excluding hydrogens is 279 g/mol. The second-order valence-corrected chi connectivity index (χ2v) is 6.13. The summed E-state index contributed by atoms with van der Waals surface area (Å²) in [5.41, 5.74) is 8.02. The molecule has 3 rings (SSSR count). The zero-order chi connectivity index (χ0) is 15.4. The Morgan fingerprint density at radius 1 is 1.09 bits per heavy atom. The highest BCUT2D eigenvalue weighted by Gasteiger charge is 2.18. The molecule has 2 heterocycles. The zero-order valence-corrected chi connectivity index (χ0v) is 12.8. The van der Waals surface area contributed by atoms with Gasteiger partial charge in [0.15, 0.2) is 0 Å². The van der Waals surface area contributed by atoms with Crippen LogP contribution in [0.4, 0.5) is 4.39 Å². The van der Waals surface area contributed by atoms with Crippen molar-refractivity contribution in [3.8, 4) is 0 Å². The summed E-state index contributed by atoms with van der Waals surface area (Å²) in [6, 6.07) is 6.57. The minimum atomic E-state index is -0.203. The van der Waals surface area contributed by atoms with Gasteiger partial charge in [0.05, 0.1) is 12.7 Å². The third kappa shape index (κ3) is 3.93. The van der Waals surface area contributed by atoms with Crippen LogP contribution in [-0.2, 0) is 13.1 Å². The van der Waals surface area contributed by atoms with Crippen LogP contribution >= 0.6 is 0 Å². The van der Waals surface area contributed by atoms with Gasteiger partial charge in [0.25, 0.3) is 0 Å². The minimum Gasteiger partial charge on any atom is -0.330 e. The number of halogens is 1. The largest absolute Gasteiger partial charge is 0.330 e. The van der Waals surface area contributed by atoms with Gasteiger partial charge < -0.3 is 5.73 Å². The van der Waals surface area contributed by atoms with Crippen LogP contribution in [0.5, 0.6) is 0 Å². The minimum absolute atomic E-state index is 0.203. The average molecular weight is 302 g/mol. The lowest BCUT2D eigenvalue weighted by Gasteiger charge is -2.30. The number of benzene rings is 1. The molecular formula is C17H23FN4. The molecule has 1 aromatic heterocycles. The van der Waals surface area contributed by atoms with E-state index in [-0.39, 0.29) is 5.82 Å². The van der Waals surface area contributed by atoms with Gasteiger partial charge in [-0.2, -0.15) is 5.10 Å². The molecule has 0 amide bonds. The van der Waals surface area contributed by atoms with E-state index in [0.29, 0.717) is 12.5 Å². The van der Waals surface area contributed by atoms with E-state index < -0.39 is 0 Å². The second-order valence-electron chi connectivity index (χ2n) is 6.13. The molecule has 0 unspecified atom stereocenters. The Bertz CT molecular complexity index is 585. The summed E-state index contributed by atoms with van der Waals surface area (Å²) in [7, 11) is 0. The third-order valence-electron chi connectivity index (χ3n) is 4.39. The van der Waals surface area contributed by atoms with Crippen molar-refractivity contribution in [1.82, 2.24) is 14.7 Å². The monoisotopic (exact) mass is 302 g/mol. The summed E-state index contributed by atoms with van der Waals surface area (Å²) in [6.07, 6.45) is 6.40. The van der Waals surface area contributed by atoms with Gasteiger partial charge in [-0.15, -0.1) is 0 Å². The molecule has 1 saturated heterocycles. The highest BCUT2D eigenvalue weighted by Crippen LogP contribution is 2.17. The van der Waals surface area contributed by atoms with Gasteiger partial charge in [-0.25, -0.2) is 4.39 Å². The summed E-state index contributed by atoms with van der Waals surface area (Å²) in [5.74, 6) is 0.489. The predicted molar refractivity (Wildman–Crippen MR) is 84.8 cm³/mol. The maximum Gasteiger partial charge on any atom is 0.123 e. The molecule has 0 aliphatic carbocycles. The Balaban J connectivity index is 1.54. The van der Waals surface area contributed by atoms with Crippen molar-refractivity contribution in [2.45, 2.75) is 25.9 Å². The normalized spacial score (nSPS) is 17.0. The number of rotatable bonds is 5. The maximum atomic E-state index is 12.9. The van der Waals surface area contributed by atoms with Crippen LogP contribution in [0.25, 0.3) is 0 Å². The summed E-state index contributed by atoms with van der Waals surface area (Å²) in [6.45, 7) is 4.66. The van der Waals surface area contributed by atoms with Gasteiger partial charge in [-0.3, -0.25) is 9.58 Å². The molecule has 1 aliphatic heterocycles. The van der Waals surface area contributed by atoms with Gasteiger partial charge in [-0.05, 0) is 56.1 Å². The summed E-state index contributed by atoms with van der Waals surface area (Å²) in [5, 5.41) is 4.41. The van der Waals surface area contributed by atoms with Crippen LogP contribution in [0.3, 0.4) is 0 Å². The van der Waals surface area contributed by atoms with E-state index in [1.807, 2.05) is 10.9 Å². The number of hydrogen-bond acceptors (Lipinski definition) is 3. The van der Waals surface area contributed by atoms with Crippen LogP contribution in [0.2, 0.25) is 0 Å². The van der Waals surface area contributed by atoms with Crippen molar-refractivity contribution in [1.29, 1.82) is 0 Å². The van der Waals surface area contributed by atoms with Gasteiger partial charge in [0.2, 0.25) is 0 Å². The lowest BCUT2D eigenvalue weighted by atomic mass is 9.97. The molecule has 5 heteroatoms. The molecule has 1 aromatic carbocycles. The molecule has 0 bridgehead atoms. The lowest BCUT2D eigenvalue weighted by molar-refractivity contribution is 0.180. The van der Waals surface area contributed by atoms with Crippen molar-refractivity contribution >= 4 is 0 Å². The number of likely N-dealkylation sites (tertiary alicyclic amines) is 1. The Kier molecular flexibility index (Phi) is 4.85. The Morgan fingerprint density at radius 2 is 1.82 bits per heavy atom. The molecule has 0 saturated carbocycles. The van der Waals surface area contributed by atoms with Crippen molar-refractivity contribution in [3.63, 3.8) is 0 Å². The van der Waals surface area contributed by atoms with Crippen LogP contribution in [0.15, 0.2) is 36.7 Å². The number of nitrogens with zero attached hydrogens (tertiary/aromatic N) is 3. The van der Waals surface area contributed by atoms with Gasteiger partial charge in [0.1, 0.15) is 5.82 Å². The summed E-state index contributed by atoms with van der Waals surface area (Å²) in [4.78, 5) is 2.46. The third-order valence-corrected chi connectivity index (χ3v) is 4.39. The fourth-order valence-electron chi connectivity index (χ4n) is 2.99. The number of piperidine rings is 1. The molecule has 4 nitrogen and oxygen atoms in total. The smallest absolute Gasteiger partial charge is 0.123 e. The molecule has 0 atom stereocenters. The highest BCUT2D eigenvalue weighted by atomic mass is 19.1. The number of hydrogen-bond donors (Lipinski definition) is 1. The van der Waals surface area contributed by atoms with Crippen LogP contribution in [-0.4, -0.2) is 34.3 Å². The molecule has 118 valence electrons. The first-order valence-electron chi connectivity index (χ1n) is 7.91. The van der Waals surface area contributed by atoms with E-state index in [1.165, 1.54) is 30.5 Å². The Hall–Kier alpha value is -1.72. The first-order valence-corrected chi connectivity index (χ1v) is 7.91. The van der Waals surface area contributed by atoms with Gasteiger partial charge in [-0.1, -0.05) is 12.1 Å². The van der Waals surface area contributed by atoms with E-state index in [9.17, 15) is 4.39 Å². The van der Waals surface area contributed by atoms with E-state index in [4.69, 9.17) is 5.73 Å². The number of nitrogens with two attached hydrogens (primary N) is 1. The van der Waals surface area contributed by atoms with Gasteiger partial charge >= 0.3 is 0 Å². The van der Waals surface area contributed by atoms with Crippen molar-refractivity contribution in [2.75, 3.05) is 19.6 Å². The van der Waals surface area contributed by atoms with E-state index in [2.05, 4.69) is 16.2 Å². The van der Waals surface area contributed by atoms with Crippen LogP contribution < -0.4 is 5.73 Å². The fourth-order valence-corrected chi connectivity index (χ4v) is 2.99. The molecule has 1 fully saturated rings. The molecule has 2 aromatic rings. The average Bonchev–Trinajstić information content (AvgIpc) is 2.97. The van der Waals surface area contributed by atoms with Crippen LogP contribution in [0, 0.1) is 11.7 Å². The van der Waals surface area contributed by atoms with Crippen molar-refractivity contribution < 1.29 is 4.39 Å². The lowest BCUT2D eigenvalue weighted by Crippen LogP contribution is -2.35. The second kappa shape index (κ2) is 7.03. The Labute approximate surface area is 130 Å². The van der Waals surface area contributed by atoms with Crippen LogP contribution in [0.1, 0.15) is 24.0 Å². The van der Waals surface area contributed by atoms with Crippen molar-refractivity contribution in [3.05, 3.63) is 53.6 Å². The Morgan fingerprint density at radius 3 is 2.50 bits per heavy atom. The highest BCUT2D eigenvalue weighted by molar-refractivity contribution is 5.16. The molecule has 22 heavy (non-hydrogen) atoms. The first kappa shape index (κ1) is 15.2. The molecule has 0 spiro atoms.